The number of aryl methyl sites for hydroxylation is 1. The van der Waals surface area contributed by atoms with Crippen molar-refractivity contribution in [3.63, 3.8) is 0 Å². The van der Waals surface area contributed by atoms with Crippen molar-refractivity contribution in [1.82, 2.24) is 34.7 Å². The number of hydrogen-bond acceptors (Lipinski definition) is 9. The molecule has 0 aliphatic carbocycles. The zero-order valence-corrected chi connectivity index (χ0v) is 24.3. The first-order valence-corrected chi connectivity index (χ1v) is 14.7. The van der Waals surface area contributed by atoms with Gasteiger partial charge in [0.1, 0.15) is 5.82 Å². The molecule has 5 heterocycles. The fourth-order valence-corrected chi connectivity index (χ4v) is 5.88. The Morgan fingerprint density at radius 2 is 1.84 bits per heavy atom. The van der Waals surface area contributed by atoms with Gasteiger partial charge in [0, 0.05) is 60.3 Å². The Balaban J connectivity index is 1.25. The molecule has 2 unspecified atom stereocenters. The molecule has 2 fully saturated rings. The topological polar surface area (TPSA) is 110 Å². The standard InChI is InChI=1S/C33H34N8O2/c1-21-28(19-35-30(37-21)23-12-13-34-17-23)27-16-24-18-36-33(39-31(24)41(32(27)42)26-6-4-3-5-7-26)38-25-10-8-22(9-11-25)29-20-40(2)14-15-43-29/h3-11,16,18-19,23,29,34H,12-15,17,20H2,1-2H3,(H,36,38,39). The van der Waals surface area contributed by atoms with E-state index in [4.69, 9.17) is 14.7 Å². The van der Waals surface area contributed by atoms with Crippen LogP contribution in [0.2, 0.25) is 0 Å². The molecule has 2 aliphatic rings. The Morgan fingerprint density at radius 1 is 1.00 bits per heavy atom. The Hall–Kier alpha value is -4.51. The molecule has 2 N–H and O–H groups in total. The predicted octanol–water partition coefficient (Wildman–Crippen LogP) is 4.37. The highest BCUT2D eigenvalue weighted by atomic mass is 16.5. The third-order valence-corrected chi connectivity index (χ3v) is 8.28. The lowest BCUT2D eigenvalue weighted by Gasteiger charge is -2.30. The van der Waals surface area contributed by atoms with Crippen molar-refractivity contribution < 1.29 is 4.74 Å². The van der Waals surface area contributed by atoms with Crippen LogP contribution in [0.5, 0.6) is 0 Å². The second-order valence-electron chi connectivity index (χ2n) is 11.3. The van der Waals surface area contributed by atoms with Crippen LogP contribution in [0.3, 0.4) is 0 Å². The molecule has 10 heteroatoms. The van der Waals surface area contributed by atoms with E-state index in [9.17, 15) is 4.79 Å². The second-order valence-corrected chi connectivity index (χ2v) is 11.3. The van der Waals surface area contributed by atoms with Gasteiger partial charge in [-0.1, -0.05) is 30.3 Å². The lowest BCUT2D eigenvalue weighted by Crippen LogP contribution is -2.35. The van der Waals surface area contributed by atoms with Crippen molar-refractivity contribution in [2.75, 3.05) is 45.2 Å². The van der Waals surface area contributed by atoms with Crippen LogP contribution < -0.4 is 16.2 Å². The molecule has 7 rings (SSSR count). The number of benzene rings is 2. The number of anilines is 2. The zero-order valence-electron chi connectivity index (χ0n) is 24.3. The van der Waals surface area contributed by atoms with Gasteiger partial charge in [0.2, 0.25) is 5.95 Å². The number of fused-ring (bicyclic) bond motifs is 1. The first-order valence-electron chi connectivity index (χ1n) is 14.7. The van der Waals surface area contributed by atoms with E-state index in [1.807, 2.05) is 55.5 Å². The highest BCUT2D eigenvalue weighted by Crippen LogP contribution is 2.28. The molecule has 0 spiro atoms. The normalized spacial score (nSPS) is 19.1. The summed E-state index contributed by atoms with van der Waals surface area (Å²) in [5.74, 6) is 1.52. The summed E-state index contributed by atoms with van der Waals surface area (Å²) >= 11 is 0. The highest BCUT2D eigenvalue weighted by Gasteiger charge is 2.22. The number of para-hydroxylation sites is 1. The van der Waals surface area contributed by atoms with Crippen LogP contribution in [0.15, 0.2) is 77.9 Å². The van der Waals surface area contributed by atoms with Crippen molar-refractivity contribution >= 4 is 22.7 Å². The summed E-state index contributed by atoms with van der Waals surface area (Å²) in [7, 11) is 2.11. The van der Waals surface area contributed by atoms with Crippen LogP contribution in [-0.2, 0) is 4.74 Å². The van der Waals surface area contributed by atoms with Gasteiger partial charge in [0.05, 0.1) is 24.0 Å². The summed E-state index contributed by atoms with van der Waals surface area (Å²) in [6.07, 6.45) is 4.61. The minimum atomic E-state index is -0.188. The van der Waals surface area contributed by atoms with E-state index in [-0.39, 0.29) is 11.7 Å². The number of pyridine rings is 1. The van der Waals surface area contributed by atoms with E-state index in [2.05, 4.69) is 44.7 Å². The smallest absolute Gasteiger partial charge is 0.264 e. The van der Waals surface area contributed by atoms with Crippen molar-refractivity contribution in [2.45, 2.75) is 25.4 Å². The van der Waals surface area contributed by atoms with Crippen LogP contribution in [0.1, 0.15) is 35.5 Å². The van der Waals surface area contributed by atoms with Gasteiger partial charge in [-0.15, -0.1) is 0 Å². The van der Waals surface area contributed by atoms with Crippen molar-refractivity contribution in [2.24, 2.45) is 0 Å². The molecule has 10 nitrogen and oxygen atoms in total. The Kier molecular flexibility index (Phi) is 7.40. The van der Waals surface area contributed by atoms with Gasteiger partial charge in [-0.2, -0.15) is 4.98 Å². The van der Waals surface area contributed by atoms with E-state index in [1.54, 1.807) is 17.0 Å². The summed E-state index contributed by atoms with van der Waals surface area (Å²) in [6, 6.07) is 19.5. The van der Waals surface area contributed by atoms with E-state index in [0.29, 0.717) is 28.6 Å². The maximum absolute atomic E-state index is 14.2. The number of nitrogens with zero attached hydrogens (tertiary/aromatic N) is 6. The van der Waals surface area contributed by atoms with Crippen molar-refractivity contribution in [1.29, 1.82) is 0 Å². The molecule has 2 saturated heterocycles. The molecular weight excluding hydrogens is 540 g/mol. The number of aromatic nitrogens is 5. The Labute approximate surface area is 249 Å². The van der Waals surface area contributed by atoms with Crippen LogP contribution in [0, 0.1) is 6.92 Å². The fourth-order valence-electron chi connectivity index (χ4n) is 5.88. The van der Waals surface area contributed by atoms with Gasteiger partial charge in [0.25, 0.3) is 5.56 Å². The molecule has 2 aromatic carbocycles. The minimum Gasteiger partial charge on any atom is -0.371 e. The molecular formula is C33H34N8O2. The van der Waals surface area contributed by atoms with Gasteiger partial charge in [-0.3, -0.25) is 9.36 Å². The van der Waals surface area contributed by atoms with E-state index < -0.39 is 0 Å². The second kappa shape index (κ2) is 11.6. The summed E-state index contributed by atoms with van der Waals surface area (Å²) in [6.45, 7) is 6.33. The lowest BCUT2D eigenvalue weighted by atomic mass is 10.0. The van der Waals surface area contributed by atoms with Crippen LogP contribution in [-0.4, -0.2) is 69.2 Å². The maximum Gasteiger partial charge on any atom is 0.264 e. The first kappa shape index (κ1) is 27.3. The third-order valence-electron chi connectivity index (χ3n) is 8.28. The van der Waals surface area contributed by atoms with E-state index in [0.717, 1.165) is 73.0 Å². The van der Waals surface area contributed by atoms with Crippen molar-refractivity contribution in [3.05, 3.63) is 100 Å². The van der Waals surface area contributed by atoms with E-state index in [1.165, 1.54) is 0 Å². The monoisotopic (exact) mass is 574 g/mol. The summed E-state index contributed by atoms with van der Waals surface area (Å²) < 4.78 is 7.60. The average molecular weight is 575 g/mol. The maximum atomic E-state index is 14.2. The largest absolute Gasteiger partial charge is 0.371 e. The SMILES string of the molecule is Cc1nc(C2CCNC2)ncc1-c1cc2cnc(Nc3ccc(C4CN(C)CCO4)cc3)nc2n(-c2ccccc2)c1=O. The van der Waals surface area contributed by atoms with Crippen LogP contribution in [0.4, 0.5) is 11.6 Å². The first-order chi connectivity index (χ1) is 21.0. The quantitative estimate of drug-likeness (QED) is 0.306. The third kappa shape index (κ3) is 5.52. The lowest BCUT2D eigenvalue weighted by molar-refractivity contribution is -0.0208. The van der Waals surface area contributed by atoms with Gasteiger partial charge in [-0.05, 0) is 62.8 Å². The molecule has 0 saturated carbocycles. The van der Waals surface area contributed by atoms with Crippen LogP contribution in [0.25, 0.3) is 27.8 Å². The molecule has 43 heavy (non-hydrogen) atoms. The number of ether oxygens (including phenoxy) is 1. The Morgan fingerprint density at radius 3 is 2.58 bits per heavy atom. The summed E-state index contributed by atoms with van der Waals surface area (Å²) in [5, 5.41) is 7.41. The van der Waals surface area contributed by atoms with Crippen LogP contribution >= 0.6 is 0 Å². The number of likely N-dealkylation sites (N-methyl/N-ethyl adjacent to an activating group) is 1. The molecule has 0 amide bonds. The van der Waals surface area contributed by atoms with Gasteiger partial charge in [0.15, 0.2) is 5.65 Å². The predicted molar refractivity (Wildman–Crippen MR) is 167 cm³/mol. The molecule has 2 aliphatic heterocycles. The summed E-state index contributed by atoms with van der Waals surface area (Å²) in [4.78, 5) is 35.3. The molecule has 0 bridgehead atoms. The number of morpholine rings is 1. The fraction of sp³-hybridized carbons (Fsp3) is 0.303. The van der Waals surface area contributed by atoms with Gasteiger partial charge < -0.3 is 20.3 Å². The summed E-state index contributed by atoms with van der Waals surface area (Å²) in [5.41, 5.74) is 5.03. The minimum absolute atomic E-state index is 0.0594. The van der Waals surface area contributed by atoms with Gasteiger partial charge >= 0.3 is 0 Å². The number of nitrogens with one attached hydrogen (secondary N) is 2. The molecule has 0 radical (unpaired) electrons. The average Bonchev–Trinajstić information content (AvgIpc) is 3.57. The highest BCUT2D eigenvalue weighted by molar-refractivity contribution is 5.83. The zero-order chi connectivity index (χ0) is 29.3. The molecule has 2 atom stereocenters. The number of rotatable bonds is 6. The molecule has 218 valence electrons. The van der Waals surface area contributed by atoms with Crippen molar-refractivity contribution in [3.8, 4) is 16.8 Å². The molecule has 3 aromatic heterocycles. The number of hydrogen-bond donors (Lipinski definition) is 2. The molecule has 5 aromatic rings. The Bertz CT molecular complexity index is 1820. The van der Waals surface area contributed by atoms with Gasteiger partial charge in [-0.25, -0.2) is 15.0 Å². The van der Waals surface area contributed by atoms with E-state index >= 15 is 0 Å².